The number of thioether (sulfide) groups is 1. The first-order valence-corrected chi connectivity index (χ1v) is 12.3. The molecule has 0 aliphatic carbocycles. The van der Waals surface area contributed by atoms with E-state index < -0.39 is 60.2 Å². The van der Waals surface area contributed by atoms with Gasteiger partial charge in [-0.1, -0.05) is 34.1 Å². The van der Waals surface area contributed by atoms with Gasteiger partial charge in [0.25, 0.3) is 0 Å². The Morgan fingerprint density at radius 3 is 1.85 bits per heavy atom. The summed E-state index contributed by atoms with van der Waals surface area (Å²) in [6.45, 7) is 7.24. The summed E-state index contributed by atoms with van der Waals surface area (Å²) in [6, 6.07) is -4.61. The Morgan fingerprint density at radius 1 is 0.879 bits per heavy atom. The number of hydrogen-bond donors (Lipinski definition) is 6. The van der Waals surface area contributed by atoms with Crippen LogP contribution in [0.4, 0.5) is 0 Å². The van der Waals surface area contributed by atoms with E-state index in [1.807, 2.05) is 27.0 Å². The van der Waals surface area contributed by atoms with Crippen molar-refractivity contribution < 1.29 is 34.2 Å². The fourth-order valence-corrected chi connectivity index (χ4v) is 3.38. The van der Waals surface area contributed by atoms with Crippen molar-refractivity contribution in [2.45, 2.75) is 77.5 Å². The van der Waals surface area contributed by atoms with Gasteiger partial charge in [0.15, 0.2) is 0 Å². The number of nitrogens with one attached hydrogen (secondary N) is 3. The SMILES string of the molecule is CCC(C)C(N)C(=O)NC(CC(=O)O)C(=O)NC(CC(C)C)C(=O)NC(CCSC)C(=O)O. The lowest BCUT2D eigenvalue weighted by atomic mass is 9.98. The Hall–Kier alpha value is -2.34. The van der Waals surface area contributed by atoms with Gasteiger partial charge in [0, 0.05) is 0 Å². The third kappa shape index (κ3) is 11.9. The van der Waals surface area contributed by atoms with Crippen LogP contribution in [-0.2, 0) is 24.0 Å². The summed E-state index contributed by atoms with van der Waals surface area (Å²) in [6.07, 6.45) is 2.11. The first kappa shape index (κ1) is 30.7. The zero-order valence-electron chi connectivity index (χ0n) is 19.9. The Morgan fingerprint density at radius 2 is 1.39 bits per heavy atom. The minimum absolute atomic E-state index is 0.0399. The van der Waals surface area contributed by atoms with Crippen LogP contribution in [0.2, 0.25) is 0 Å². The van der Waals surface area contributed by atoms with E-state index in [1.54, 1.807) is 6.92 Å². The summed E-state index contributed by atoms with van der Waals surface area (Å²) >= 11 is 1.43. The van der Waals surface area contributed by atoms with Crippen LogP contribution in [0.25, 0.3) is 0 Å². The van der Waals surface area contributed by atoms with Crippen LogP contribution in [0.3, 0.4) is 0 Å². The zero-order chi connectivity index (χ0) is 25.7. The minimum Gasteiger partial charge on any atom is -0.481 e. The number of carboxylic acids is 2. The number of carboxylic acid groups (broad SMARTS) is 2. The monoisotopic (exact) mass is 490 g/mol. The van der Waals surface area contributed by atoms with Crippen molar-refractivity contribution in [3.05, 3.63) is 0 Å². The van der Waals surface area contributed by atoms with E-state index in [0.29, 0.717) is 12.2 Å². The van der Waals surface area contributed by atoms with Crippen molar-refractivity contribution in [1.29, 1.82) is 0 Å². The van der Waals surface area contributed by atoms with Gasteiger partial charge in [-0.15, -0.1) is 0 Å². The molecule has 7 N–H and O–H groups in total. The van der Waals surface area contributed by atoms with Crippen LogP contribution in [0.15, 0.2) is 0 Å². The van der Waals surface area contributed by atoms with E-state index in [4.69, 9.17) is 5.73 Å². The van der Waals surface area contributed by atoms with Crippen molar-refractivity contribution in [3.63, 3.8) is 0 Å². The molecule has 12 heteroatoms. The molecule has 33 heavy (non-hydrogen) atoms. The highest BCUT2D eigenvalue weighted by Crippen LogP contribution is 2.09. The first-order valence-electron chi connectivity index (χ1n) is 10.9. The van der Waals surface area contributed by atoms with Gasteiger partial charge in [0.1, 0.15) is 18.1 Å². The molecule has 0 spiro atoms. The van der Waals surface area contributed by atoms with E-state index in [9.17, 15) is 34.2 Å². The molecule has 11 nitrogen and oxygen atoms in total. The number of nitrogens with two attached hydrogens (primary N) is 1. The molecule has 5 atom stereocenters. The second-order valence-electron chi connectivity index (χ2n) is 8.44. The van der Waals surface area contributed by atoms with Crippen molar-refractivity contribution in [2.24, 2.45) is 17.6 Å². The normalized spacial score (nSPS) is 15.6. The third-order valence-electron chi connectivity index (χ3n) is 5.14. The number of carbonyl (C=O) groups excluding carboxylic acids is 3. The lowest BCUT2D eigenvalue weighted by Gasteiger charge is -2.26. The molecular weight excluding hydrogens is 452 g/mol. The van der Waals surface area contributed by atoms with Gasteiger partial charge in [-0.3, -0.25) is 19.2 Å². The molecule has 5 unspecified atom stereocenters. The Labute approximate surface area is 199 Å². The summed E-state index contributed by atoms with van der Waals surface area (Å²) < 4.78 is 0. The van der Waals surface area contributed by atoms with E-state index in [1.165, 1.54) is 11.8 Å². The van der Waals surface area contributed by atoms with Crippen molar-refractivity contribution in [3.8, 4) is 0 Å². The average molecular weight is 491 g/mol. The molecule has 0 heterocycles. The van der Waals surface area contributed by atoms with Gasteiger partial charge in [-0.05, 0) is 36.7 Å². The summed E-state index contributed by atoms with van der Waals surface area (Å²) in [5, 5.41) is 25.8. The fourth-order valence-electron chi connectivity index (χ4n) is 2.90. The van der Waals surface area contributed by atoms with Crippen molar-refractivity contribution >= 4 is 41.4 Å². The van der Waals surface area contributed by atoms with Crippen LogP contribution in [0.1, 0.15) is 53.4 Å². The highest BCUT2D eigenvalue weighted by Gasteiger charge is 2.32. The molecule has 0 aromatic rings. The minimum atomic E-state index is -1.45. The molecule has 3 amide bonds. The molecule has 190 valence electrons. The second kappa shape index (κ2) is 15.5. The first-order chi connectivity index (χ1) is 15.3. The predicted octanol–water partition coefficient (Wildman–Crippen LogP) is 0.173. The maximum atomic E-state index is 12.8. The van der Waals surface area contributed by atoms with E-state index in [2.05, 4.69) is 16.0 Å². The second-order valence-corrected chi connectivity index (χ2v) is 9.43. The van der Waals surface area contributed by atoms with Gasteiger partial charge in [-0.2, -0.15) is 11.8 Å². The summed E-state index contributed by atoms with van der Waals surface area (Å²) in [5.41, 5.74) is 5.88. The summed E-state index contributed by atoms with van der Waals surface area (Å²) in [5.74, 6) is -4.45. The standard InChI is InChI=1S/C21H38N4O7S/c1-6-12(4)17(22)20(30)25-15(10-16(26)27)19(29)24-14(9-11(2)3)18(28)23-13(21(31)32)7-8-33-5/h11-15,17H,6-10,22H2,1-5H3,(H,23,28)(H,24,29)(H,25,30)(H,26,27)(H,31,32). The molecule has 0 saturated heterocycles. The summed E-state index contributed by atoms with van der Waals surface area (Å²) in [7, 11) is 0. The van der Waals surface area contributed by atoms with Gasteiger partial charge in [0.05, 0.1) is 12.5 Å². The van der Waals surface area contributed by atoms with Crippen molar-refractivity contribution in [2.75, 3.05) is 12.0 Å². The molecule has 0 bridgehead atoms. The third-order valence-corrected chi connectivity index (χ3v) is 5.78. The van der Waals surface area contributed by atoms with Gasteiger partial charge in [-0.25, -0.2) is 4.79 Å². The number of carbonyl (C=O) groups is 5. The molecule has 0 aliphatic heterocycles. The molecule has 0 aromatic heterocycles. The zero-order valence-corrected chi connectivity index (χ0v) is 20.7. The lowest BCUT2D eigenvalue weighted by Crippen LogP contribution is -2.58. The van der Waals surface area contributed by atoms with E-state index in [0.717, 1.165) is 0 Å². The molecule has 0 aliphatic rings. The molecule has 0 saturated carbocycles. The largest absolute Gasteiger partial charge is 0.481 e. The van der Waals surface area contributed by atoms with Crippen LogP contribution in [0.5, 0.6) is 0 Å². The topological polar surface area (TPSA) is 188 Å². The molecule has 0 aromatic carbocycles. The van der Waals surface area contributed by atoms with Crippen LogP contribution in [0, 0.1) is 11.8 Å². The maximum absolute atomic E-state index is 12.8. The molecular formula is C21H38N4O7S. The lowest BCUT2D eigenvalue weighted by molar-refractivity contribution is -0.143. The van der Waals surface area contributed by atoms with Crippen LogP contribution in [-0.4, -0.2) is 76.0 Å². The Bertz CT molecular complexity index is 690. The number of hydrogen-bond acceptors (Lipinski definition) is 7. The average Bonchev–Trinajstić information content (AvgIpc) is 2.73. The van der Waals surface area contributed by atoms with Gasteiger partial charge < -0.3 is 31.9 Å². The molecule has 0 fully saturated rings. The quantitative estimate of drug-likeness (QED) is 0.175. The molecule has 0 rings (SSSR count). The summed E-state index contributed by atoms with van der Waals surface area (Å²) in [4.78, 5) is 60.7. The predicted molar refractivity (Wildman–Crippen MR) is 126 cm³/mol. The number of rotatable bonds is 16. The van der Waals surface area contributed by atoms with Crippen LogP contribution < -0.4 is 21.7 Å². The van der Waals surface area contributed by atoms with E-state index in [-0.39, 0.29) is 24.7 Å². The van der Waals surface area contributed by atoms with E-state index >= 15 is 0 Å². The number of amides is 3. The Balaban J connectivity index is 5.52. The smallest absolute Gasteiger partial charge is 0.326 e. The van der Waals surface area contributed by atoms with Gasteiger partial charge in [0.2, 0.25) is 17.7 Å². The maximum Gasteiger partial charge on any atom is 0.326 e. The highest BCUT2D eigenvalue weighted by atomic mass is 32.2. The Kier molecular flexibility index (Phi) is 14.4. The fraction of sp³-hybridized carbons (Fsp3) is 0.762. The highest BCUT2D eigenvalue weighted by molar-refractivity contribution is 7.98. The van der Waals surface area contributed by atoms with Gasteiger partial charge >= 0.3 is 11.9 Å². The number of aliphatic carboxylic acids is 2. The van der Waals surface area contributed by atoms with Crippen molar-refractivity contribution in [1.82, 2.24) is 16.0 Å². The van der Waals surface area contributed by atoms with Crippen LogP contribution >= 0.6 is 11.8 Å². The molecule has 0 radical (unpaired) electrons.